The van der Waals surface area contributed by atoms with E-state index in [2.05, 4.69) is 5.32 Å². The van der Waals surface area contributed by atoms with Crippen molar-refractivity contribution in [1.82, 2.24) is 4.90 Å². The quantitative estimate of drug-likeness (QED) is 0.661. The van der Waals surface area contributed by atoms with Crippen molar-refractivity contribution < 1.29 is 28.5 Å². The molecule has 3 aliphatic rings. The van der Waals surface area contributed by atoms with Crippen LogP contribution in [-0.2, 0) is 11.2 Å². The zero-order chi connectivity index (χ0) is 22.5. The minimum atomic E-state index is -0.978. The predicted molar refractivity (Wildman–Crippen MR) is 113 cm³/mol. The van der Waals surface area contributed by atoms with Crippen molar-refractivity contribution in [2.24, 2.45) is 5.92 Å². The Balaban J connectivity index is 1.19. The van der Waals surface area contributed by atoms with Gasteiger partial charge in [0.05, 0.1) is 11.7 Å². The normalized spacial score (nSPS) is 28.2. The molecule has 0 bridgehead atoms. The summed E-state index contributed by atoms with van der Waals surface area (Å²) in [7, 11) is 0. The molecule has 1 saturated heterocycles. The molecule has 2 aliphatic heterocycles. The van der Waals surface area contributed by atoms with Crippen molar-refractivity contribution in [3.63, 3.8) is 0 Å². The number of benzene rings is 2. The molecule has 32 heavy (non-hydrogen) atoms. The fourth-order valence-electron chi connectivity index (χ4n) is 5.32. The Bertz CT molecular complexity index is 1050. The highest BCUT2D eigenvalue weighted by Gasteiger charge is 2.53. The van der Waals surface area contributed by atoms with E-state index in [0.29, 0.717) is 45.3 Å². The van der Waals surface area contributed by atoms with Gasteiger partial charge in [-0.25, -0.2) is 8.78 Å². The lowest BCUT2D eigenvalue weighted by Gasteiger charge is -2.25. The molecule has 0 aromatic heterocycles. The molecule has 0 spiro atoms. The Morgan fingerprint density at radius 2 is 2.06 bits per heavy atom. The largest absolute Gasteiger partial charge is 0.487 e. The first kappa shape index (κ1) is 21.3. The average Bonchev–Trinajstić information content (AvgIpc) is 3.20. The minimum absolute atomic E-state index is 0.00469. The highest BCUT2D eigenvalue weighted by atomic mass is 19.1. The Morgan fingerprint density at radius 1 is 1.22 bits per heavy atom. The summed E-state index contributed by atoms with van der Waals surface area (Å²) in [5.74, 6) is -1.37. The van der Waals surface area contributed by atoms with Crippen LogP contribution < -0.4 is 10.1 Å². The lowest BCUT2D eigenvalue weighted by molar-refractivity contribution is -0.116. The second-order valence-electron chi connectivity index (χ2n) is 9.23. The Kier molecular flexibility index (Phi) is 5.39. The SMILES string of the molecule is O=C1CCc2cc(C(O)CN3C[C@H]4C[C@H](Oc5cc(F)ccc5F)C[C@@]4(O)C3)ccc2N1. The van der Waals surface area contributed by atoms with Gasteiger partial charge in [0.1, 0.15) is 11.9 Å². The molecule has 2 aromatic rings. The maximum absolute atomic E-state index is 13.9. The Hall–Kier alpha value is -2.55. The van der Waals surface area contributed by atoms with E-state index in [0.717, 1.165) is 35.0 Å². The van der Waals surface area contributed by atoms with Crippen LogP contribution in [0.5, 0.6) is 5.75 Å². The molecule has 8 heteroatoms. The number of nitrogens with zero attached hydrogens (tertiary/aromatic N) is 1. The van der Waals surface area contributed by atoms with Gasteiger partial charge >= 0.3 is 0 Å². The fourth-order valence-corrected chi connectivity index (χ4v) is 5.32. The van der Waals surface area contributed by atoms with Crippen molar-refractivity contribution in [1.29, 1.82) is 0 Å². The first-order valence-corrected chi connectivity index (χ1v) is 11.0. The van der Waals surface area contributed by atoms with Crippen molar-refractivity contribution >= 4 is 11.6 Å². The topological polar surface area (TPSA) is 82.0 Å². The number of hydrogen-bond acceptors (Lipinski definition) is 5. The summed E-state index contributed by atoms with van der Waals surface area (Å²) in [5, 5.41) is 24.7. The molecule has 2 aromatic carbocycles. The third-order valence-corrected chi connectivity index (χ3v) is 6.89. The summed E-state index contributed by atoms with van der Waals surface area (Å²) < 4.78 is 33.0. The number of aliphatic hydroxyl groups is 2. The van der Waals surface area contributed by atoms with Crippen LogP contribution in [-0.4, -0.2) is 52.4 Å². The molecule has 170 valence electrons. The van der Waals surface area contributed by atoms with E-state index in [-0.39, 0.29) is 23.7 Å². The van der Waals surface area contributed by atoms with E-state index in [9.17, 15) is 23.8 Å². The molecular formula is C24H26F2N2O4. The number of nitrogens with one attached hydrogen (secondary N) is 1. The Morgan fingerprint density at radius 3 is 2.88 bits per heavy atom. The van der Waals surface area contributed by atoms with E-state index in [1.54, 1.807) is 0 Å². The summed E-state index contributed by atoms with van der Waals surface area (Å²) in [6.45, 7) is 1.37. The van der Waals surface area contributed by atoms with Crippen molar-refractivity contribution in [2.75, 3.05) is 25.0 Å². The number of likely N-dealkylation sites (tertiary alicyclic amines) is 1. The molecule has 1 amide bonds. The smallest absolute Gasteiger partial charge is 0.224 e. The monoisotopic (exact) mass is 444 g/mol. The van der Waals surface area contributed by atoms with Crippen molar-refractivity contribution in [3.8, 4) is 5.75 Å². The van der Waals surface area contributed by atoms with Crippen LogP contribution in [0.4, 0.5) is 14.5 Å². The molecule has 2 fully saturated rings. The van der Waals surface area contributed by atoms with Crippen molar-refractivity contribution in [2.45, 2.75) is 43.5 Å². The number of fused-ring (bicyclic) bond motifs is 2. The highest BCUT2D eigenvalue weighted by Crippen LogP contribution is 2.43. The molecule has 1 saturated carbocycles. The van der Waals surface area contributed by atoms with Crippen LogP contribution in [0.1, 0.15) is 36.5 Å². The van der Waals surface area contributed by atoms with Gasteiger partial charge in [0, 0.05) is 50.1 Å². The molecule has 3 N–H and O–H groups in total. The maximum Gasteiger partial charge on any atom is 0.224 e. The van der Waals surface area contributed by atoms with Crippen molar-refractivity contribution in [3.05, 3.63) is 59.2 Å². The number of carbonyl (C=O) groups excluding carboxylic acids is 1. The summed E-state index contributed by atoms with van der Waals surface area (Å²) >= 11 is 0. The van der Waals surface area contributed by atoms with Gasteiger partial charge in [-0.3, -0.25) is 9.69 Å². The number of aryl methyl sites for hydroxylation is 1. The third-order valence-electron chi connectivity index (χ3n) is 6.89. The van der Waals surface area contributed by atoms with Gasteiger partial charge in [0.2, 0.25) is 5.91 Å². The standard InChI is InChI=1S/C24H26F2N2O4/c25-17-3-4-19(26)22(9-17)32-18-8-16-11-28(13-24(16,31)10-18)12-21(29)15-1-5-20-14(7-15)2-6-23(30)27-20/h1,3-5,7,9,16,18,21,29,31H,2,6,8,10-13H2,(H,27,30)/t16-,18+,21?,24-/m1/s1. The molecule has 6 nitrogen and oxygen atoms in total. The summed E-state index contributed by atoms with van der Waals surface area (Å²) in [4.78, 5) is 13.6. The lowest BCUT2D eigenvalue weighted by Crippen LogP contribution is -2.36. The molecule has 0 radical (unpaired) electrons. The van der Waals surface area contributed by atoms with E-state index in [1.807, 2.05) is 23.1 Å². The minimum Gasteiger partial charge on any atom is -0.487 e. The van der Waals surface area contributed by atoms with Crippen LogP contribution in [0.3, 0.4) is 0 Å². The Labute approximate surface area is 184 Å². The zero-order valence-electron chi connectivity index (χ0n) is 17.6. The molecule has 4 atom stereocenters. The average molecular weight is 444 g/mol. The molecule has 1 unspecified atom stereocenters. The van der Waals surface area contributed by atoms with Gasteiger partial charge in [-0.2, -0.15) is 0 Å². The number of hydrogen-bond donors (Lipinski definition) is 3. The maximum atomic E-state index is 13.9. The number of rotatable bonds is 5. The van der Waals surface area contributed by atoms with Gasteiger partial charge in [-0.15, -0.1) is 0 Å². The zero-order valence-corrected chi connectivity index (χ0v) is 17.6. The molecule has 5 rings (SSSR count). The number of carbonyl (C=O) groups is 1. The molecule has 1 aliphatic carbocycles. The predicted octanol–water partition coefficient (Wildman–Crippen LogP) is 2.79. The van der Waals surface area contributed by atoms with Gasteiger partial charge in [0.25, 0.3) is 0 Å². The van der Waals surface area contributed by atoms with Gasteiger partial charge in [-0.05, 0) is 42.2 Å². The highest BCUT2D eigenvalue weighted by molar-refractivity contribution is 5.93. The number of anilines is 1. The number of amides is 1. The number of halogens is 2. The first-order valence-electron chi connectivity index (χ1n) is 11.0. The van der Waals surface area contributed by atoms with Crippen LogP contribution >= 0.6 is 0 Å². The fraction of sp³-hybridized carbons (Fsp3) is 0.458. The molecule has 2 heterocycles. The second kappa shape index (κ2) is 8.10. The summed E-state index contributed by atoms with van der Waals surface area (Å²) in [6.07, 6.45) is 0.866. The van der Waals surface area contributed by atoms with Crippen LogP contribution in [0.15, 0.2) is 36.4 Å². The van der Waals surface area contributed by atoms with Gasteiger partial charge in [-0.1, -0.05) is 12.1 Å². The van der Waals surface area contributed by atoms with Gasteiger partial charge < -0.3 is 20.3 Å². The van der Waals surface area contributed by atoms with Crippen LogP contribution in [0.2, 0.25) is 0 Å². The van der Waals surface area contributed by atoms with Crippen LogP contribution in [0, 0.1) is 17.6 Å². The lowest BCUT2D eigenvalue weighted by atomic mass is 9.95. The van der Waals surface area contributed by atoms with Gasteiger partial charge in [0.15, 0.2) is 11.6 Å². The van der Waals surface area contributed by atoms with Crippen LogP contribution in [0.25, 0.3) is 0 Å². The first-order chi connectivity index (χ1) is 15.3. The third kappa shape index (κ3) is 4.10. The van der Waals surface area contributed by atoms with E-state index in [4.69, 9.17) is 4.74 Å². The van der Waals surface area contributed by atoms with E-state index >= 15 is 0 Å². The number of ether oxygens (including phenoxy) is 1. The van der Waals surface area contributed by atoms with E-state index in [1.165, 1.54) is 0 Å². The summed E-state index contributed by atoms with van der Waals surface area (Å²) in [5.41, 5.74) is 1.62. The van der Waals surface area contributed by atoms with E-state index < -0.39 is 23.3 Å². The molecular weight excluding hydrogens is 418 g/mol. The number of β-amino-alcohol motifs (C(OH)–C–C–N with tert-alkyl or cyclic N) is 2. The number of aliphatic hydroxyl groups excluding tert-OH is 1. The second-order valence-corrected chi connectivity index (χ2v) is 9.23. The summed E-state index contributed by atoms with van der Waals surface area (Å²) in [6, 6.07) is 8.68.